The van der Waals surface area contributed by atoms with Crippen molar-refractivity contribution in [3.05, 3.63) is 29.8 Å². The number of carbonyl (C=O) groups excluding carboxylic acids is 3. The molecule has 0 unspecified atom stereocenters. The van der Waals surface area contributed by atoms with E-state index in [0.717, 1.165) is 5.56 Å². The Morgan fingerprint density at radius 2 is 2.11 bits per heavy atom. The van der Waals surface area contributed by atoms with Gasteiger partial charge in [0, 0.05) is 18.7 Å². The van der Waals surface area contributed by atoms with E-state index in [0.29, 0.717) is 5.69 Å². The summed E-state index contributed by atoms with van der Waals surface area (Å²) in [5, 5.41) is 5.65. The van der Waals surface area contributed by atoms with Crippen molar-refractivity contribution < 1.29 is 18.8 Å². The van der Waals surface area contributed by atoms with Gasteiger partial charge in [0.2, 0.25) is 17.7 Å². The minimum atomic E-state index is -1.57. The number of hydrogen-bond acceptors (Lipinski definition) is 4. The van der Waals surface area contributed by atoms with Crippen molar-refractivity contribution in [2.75, 3.05) is 18.9 Å². The van der Waals surface area contributed by atoms with Crippen LogP contribution in [0, 0.1) is 0 Å². The molecule has 3 amide bonds. The zero-order valence-electron chi connectivity index (χ0n) is 15.7. The molecule has 0 bridgehead atoms. The summed E-state index contributed by atoms with van der Waals surface area (Å²) < 4.78 is 14.1. The van der Waals surface area contributed by atoms with E-state index in [2.05, 4.69) is 10.6 Å². The van der Waals surface area contributed by atoms with Gasteiger partial charge in [0.05, 0.1) is 11.5 Å². The van der Waals surface area contributed by atoms with E-state index in [1.54, 1.807) is 13.1 Å². The third-order valence-electron chi connectivity index (χ3n) is 5.43. The van der Waals surface area contributed by atoms with Gasteiger partial charge in [-0.15, -0.1) is 0 Å². The summed E-state index contributed by atoms with van der Waals surface area (Å²) in [7, 11) is 1.57. The van der Waals surface area contributed by atoms with Crippen molar-refractivity contribution in [2.45, 2.75) is 49.9 Å². The van der Waals surface area contributed by atoms with Crippen LogP contribution < -0.4 is 16.4 Å². The van der Waals surface area contributed by atoms with Gasteiger partial charge >= 0.3 is 0 Å². The quantitative estimate of drug-likeness (QED) is 0.703. The van der Waals surface area contributed by atoms with Crippen molar-refractivity contribution in [1.82, 2.24) is 10.2 Å². The molecule has 8 heteroatoms. The van der Waals surface area contributed by atoms with Gasteiger partial charge in [0.1, 0.15) is 11.7 Å². The fraction of sp³-hybridized carbons (Fsp3) is 0.526. The Labute approximate surface area is 157 Å². The molecule has 1 spiro atoms. The van der Waals surface area contributed by atoms with Crippen molar-refractivity contribution in [2.24, 2.45) is 5.73 Å². The number of halogens is 1. The van der Waals surface area contributed by atoms with Crippen LogP contribution >= 0.6 is 0 Å². The number of benzene rings is 1. The Bertz CT molecular complexity index is 791. The highest BCUT2D eigenvalue weighted by molar-refractivity contribution is 6.08. The number of carbonyl (C=O) groups is 3. The number of rotatable bonds is 5. The molecule has 0 radical (unpaired) electrons. The lowest BCUT2D eigenvalue weighted by molar-refractivity contribution is -0.139. The van der Waals surface area contributed by atoms with Crippen LogP contribution in [0.5, 0.6) is 0 Å². The van der Waals surface area contributed by atoms with Crippen LogP contribution in [0.1, 0.15) is 32.3 Å². The van der Waals surface area contributed by atoms with Crippen LogP contribution in [0.2, 0.25) is 0 Å². The van der Waals surface area contributed by atoms with Gasteiger partial charge in [-0.05, 0) is 38.9 Å². The molecule has 2 heterocycles. The van der Waals surface area contributed by atoms with Crippen LogP contribution in [-0.4, -0.2) is 54.0 Å². The first-order valence-electron chi connectivity index (χ1n) is 8.96. The number of likely N-dealkylation sites (N-methyl/N-ethyl adjacent to an activating group) is 1. The molecule has 3 atom stereocenters. The Kier molecular flexibility index (Phi) is 4.71. The summed E-state index contributed by atoms with van der Waals surface area (Å²) in [4.78, 5) is 39.3. The maximum absolute atomic E-state index is 14.1. The third kappa shape index (κ3) is 3.29. The highest BCUT2D eigenvalue weighted by Crippen LogP contribution is 2.46. The molecule has 1 saturated heterocycles. The number of nitrogens with two attached hydrogens (primary N) is 1. The lowest BCUT2D eigenvalue weighted by atomic mass is 9.79. The predicted molar refractivity (Wildman–Crippen MR) is 98.7 cm³/mol. The van der Waals surface area contributed by atoms with Crippen LogP contribution in [0.25, 0.3) is 0 Å². The van der Waals surface area contributed by atoms with Crippen molar-refractivity contribution in [3.8, 4) is 0 Å². The lowest BCUT2D eigenvalue weighted by Crippen LogP contribution is -2.52. The van der Waals surface area contributed by atoms with E-state index in [1.165, 1.54) is 18.7 Å². The standard InChI is InChI=1S/C19H25FN4O3/c1-18(2,20)8-13(22-3)16(26)24-10-19(9-14(24)15(21)25)11-6-4-5-7-12(11)23-17(19)27/h4-7,13-14,22H,8-10H2,1-3H3,(H2,21,25)(H,23,27)/t13-,14-,19-/m0/s1. The minimum absolute atomic E-state index is 0.0349. The first-order chi connectivity index (χ1) is 12.6. The molecule has 1 aromatic rings. The second kappa shape index (κ2) is 6.60. The average molecular weight is 376 g/mol. The summed E-state index contributed by atoms with van der Waals surface area (Å²) in [5.41, 5.74) is 4.39. The molecule has 0 aliphatic carbocycles. The van der Waals surface area contributed by atoms with Gasteiger partial charge < -0.3 is 21.3 Å². The Balaban J connectivity index is 1.96. The highest BCUT2D eigenvalue weighted by atomic mass is 19.1. The van der Waals surface area contributed by atoms with E-state index >= 15 is 0 Å². The molecular formula is C19H25FN4O3. The van der Waals surface area contributed by atoms with Crippen molar-refractivity contribution in [1.29, 1.82) is 0 Å². The lowest BCUT2D eigenvalue weighted by Gasteiger charge is -2.29. The fourth-order valence-corrected chi connectivity index (χ4v) is 4.12. The van der Waals surface area contributed by atoms with Gasteiger partial charge in [-0.2, -0.15) is 0 Å². The summed E-state index contributed by atoms with van der Waals surface area (Å²) in [6.45, 7) is 2.82. The molecule has 27 heavy (non-hydrogen) atoms. The fourth-order valence-electron chi connectivity index (χ4n) is 4.12. The van der Waals surface area contributed by atoms with E-state index < -0.39 is 35.0 Å². The smallest absolute Gasteiger partial charge is 0.240 e. The van der Waals surface area contributed by atoms with Crippen LogP contribution in [-0.2, 0) is 19.8 Å². The minimum Gasteiger partial charge on any atom is -0.368 e. The van der Waals surface area contributed by atoms with E-state index in [4.69, 9.17) is 5.73 Å². The van der Waals surface area contributed by atoms with Gasteiger partial charge in [0.15, 0.2) is 0 Å². The average Bonchev–Trinajstić information content (AvgIpc) is 3.12. The Morgan fingerprint density at radius 3 is 2.70 bits per heavy atom. The van der Waals surface area contributed by atoms with Crippen LogP contribution in [0.4, 0.5) is 10.1 Å². The number of nitrogens with one attached hydrogen (secondary N) is 2. The molecule has 0 aromatic heterocycles. The van der Waals surface area contributed by atoms with Crippen molar-refractivity contribution >= 4 is 23.4 Å². The zero-order chi connectivity index (χ0) is 20.0. The largest absolute Gasteiger partial charge is 0.368 e. The number of alkyl halides is 1. The molecule has 0 saturated carbocycles. The number of hydrogen-bond donors (Lipinski definition) is 3. The number of nitrogens with zero attached hydrogens (tertiary/aromatic N) is 1. The molecule has 2 aliphatic heterocycles. The molecule has 7 nitrogen and oxygen atoms in total. The second-order valence-electron chi connectivity index (χ2n) is 7.93. The normalized spacial score (nSPS) is 25.4. The van der Waals surface area contributed by atoms with Gasteiger partial charge in [0.25, 0.3) is 0 Å². The number of fused-ring (bicyclic) bond motifs is 2. The SMILES string of the molecule is CN[C@@H](CC(C)(C)F)C(=O)N1C[C@]2(C[C@H]1C(N)=O)C(=O)Nc1ccccc12. The van der Waals surface area contributed by atoms with Crippen LogP contribution in [0.3, 0.4) is 0 Å². The van der Waals surface area contributed by atoms with E-state index in [9.17, 15) is 18.8 Å². The van der Waals surface area contributed by atoms with Gasteiger partial charge in [-0.1, -0.05) is 18.2 Å². The monoisotopic (exact) mass is 376 g/mol. The molecule has 146 valence electrons. The Morgan fingerprint density at radius 1 is 1.44 bits per heavy atom. The van der Waals surface area contributed by atoms with Crippen LogP contribution in [0.15, 0.2) is 24.3 Å². The summed E-state index contributed by atoms with van der Waals surface area (Å²) in [6, 6.07) is 5.48. The van der Waals surface area contributed by atoms with Gasteiger partial charge in [-0.3, -0.25) is 14.4 Å². The topological polar surface area (TPSA) is 105 Å². The third-order valence-corrected chi connectivity index (χ3v) is 5.43. The maximum Gasteiger partial charge on any atom is 0.240 e. The summed E-state index contributed by atoms with van der Waals surface area (Å²) in [6.07, 6.45) is 0.0620. The molecular weight excluding hydrogens is 351 g/mol. The van der Waals surface area contributed by atoms with E-state index in [1.807, 2.05) is 18.2 Å². The number of anilines is 1. The first-order valence-corrected chi connectivity index (χ1v) is 8.96. The first kappa shape index (κ1) is 19.3. The number of primary amides is 1. The van der Waals surface area contributed by atoms with Crippen molar-refractivity contribution in [3.63, 3.8) is 0 Å². The number of likely N-dealkylation sites (tertiary alicyclic amines) is 1. The Hall–Kier alpha value is -2.48. The number of amides is 3. The second-order valence-corrected chi connectivity index (χ2v) is 7.93. The van der Waals surface area contributed by atoms with E-state index in [-0.39, 0.29) is 25.3 Å². The molecule has 4 N–H and O–H groups in total. The predicted octanol–water partition coefficient (Wildman–Crippen LogP) is 0.689. The number of para-hydroxylation sites is 1. The molecule has 3 rings (SSSR count). The zero-order valence-corrected chi connectivity index (χ0v) is 15.7. The molecule has 2 aliphatic rings. The summed E-state index contributed by atoms with van der Waals surface area (Å²) >= 11 is 0. The van der Waals surface area contributed by atoms with Gasteiger partial charge in [-0.25, -0.2) is 4.39 Å². The highest BCUT2D eigenvalue weighted by Gasteiger charge is 2.57. The maximum atomic E-state index is 14.1. The molecule has 1 aromatic carbocycles. The summed E-state index contributed by atoms with van der Waals surface area (Å²) in [5.74, 6) is -1.36. The molecule has 1 fully saturated rings.